The number of alkyl halides is 3. The Kier molecular flexibility index (Phi) is 6.85. The molecule has 1 fully saturated rings. The van der Waals surface area contributed by atoms with Gasteiger partial charge in [-0.15, -0.1) is 11.3 Å². The maximum Gasteiger partial charge on any atom is 0.416 e. The van der Waals surface area contributed by atoms with Gasteiger partial charge in [0, 0.05) is 31.6 Å². The number of amides is 1. The van der Waals surface area contributed by atoms with E-state index in [1.165, 1.54) is 0 Å². The highest BCUT2D eigenvalue weighted by molar-refractivity contribution is 7.09. The van der Waals surface area contributed by atoms with Crippen LogP contribution in [0.15, 0.2) is 46.4 Å². The first-order chi connectivity index (χ1) is 15.3. The van der Waals surface area contributed by atoms with Crippen molar-refractivity contribution in [1.82, 2.24) is 14.8 Å². The number of hydrogen-bond donors (Lipinski definition) is 1. The number of nitrogens with one attached hydrogen (secondary N) is 1. The van der Waals surface area contributed by atoms with Gasteiger partial charge in [-0.1, -0.05) is 11.6 Å². The quantitative estimate of drug-likeness (QED) is 0.543. The highest BCUT2D eigenvalue weighted by Gasteiger charge is 2.31. The lowest BCUT2D eigenvalue weighted by atomic mass is 10.2. The van der Waals surface area contributed by atoms with Crippen LogP contribution in [0.4, 0.5) is 18.9 Å². The van der Waals surface area contributed by atoms with Crippen molar-refractivity contribution in [3.63, 3.8) is 0 Å². The molecule has 1 aliphatic heterocycles. The molecule has 0 aliphatic carbocycles. The third kappa shape index (κ3) is 5.69. The number of hydrogen-bond acceptors (Lipinski definition) is 6. The largest absolute Gasteiger partial charge is 0.463 e. The molecule has 1 saturated heterocycles. The van der Waals surface area contributed by atoms with E-state index in [9.17, 15) is 18.0 Å². The van der Waals surface area contributed by atoms with Gasteiger partial charge in [-0.3, -0.25) is 14.6 Å². The van der Waals surface area contributed by atoms with Gasteiger partial charge >= 0.3 is 6.18 Å². The zero-order chi connectivity index (χ0) is 22.7. The van der Waals surface area contributed by atoms with E-state index in [-0.39, 0.29) is 17.3 Å². The minimum Gasteiger partial charge on any atom is -0.463 e. The Bertz CT molecular complexity index is 1060. The normalized spacial score (nSPS) is 15.8. The molecule has 1 aromatic carbocycles. The van der Waals surface area contributed by atoms with Crippen molar-refractivity contribution in [3.8, 4) is 11.5 Å². The van der Waals surface area contributed by atoms with Gasteiger partial charge in [0.15, 0.2) is 5.76 Å². The van der Waals surface area contributed by atoms with Crippen LogP contribution in [0.25, 0.3) is 11.5 Å². The molecule has 2 aromatic heterocycles. The molecule has 1 N–H and O–H groups in total. The summed E-state index contributed by atoms with van der Waals surface area (Å²) in [6.45, 7) is 3.65. The molecule has 4 rings (SSSR count). The van der Waals surface area contributed by atoms with Crippen molar-refractivity contribution in [2.75, 3.05) is 38.0 Å². The van der Waals surface area contributed by atoms with Crippen LogP contribution in [0.1, 0.15) is 10.6 Å². The zero-order valence-electron chi connectivity index (χ0n) is 16.9. The van der Waals surface area contributed by atoms with Gasteiger partial charge in [0.1, 0.15) is 10.7 Å². The van der Waals surface area contributed by atoms with Crippen molar-refractivity contribution in [2.45, 2.75) is 12.7 Å². The van der Waals surface area contributed by atoms with Gasteiger partial charge in [0.25, 0.3) is 0 Å². The lowest BCUT2D eigenvalue weighted by Crippen LogP contribution is -2.48. The summed E-state index contributed by atoms with van der Waals surface area (Å²) in [4.78, 5) is 21.2. The third-order valence-corrected chi connectivity index (χ3v) is 6.25. The van der Waals surface area contributed by atoms with E-state index in [0.717, 1.165) is 47.8 Å². The average molecular weight is 485 g/mol. The number of carbonyl (C=O) groups is 1. The Labute approximate surface area is 191 Å². The van der Waals surface area contributed by atoms with Crippen LogP contribution < -0.4 is 5.32 Å². The third-order valence-electron chi connectivity index (χ3n) is 5.08. The molecule has 1 aliphatic rings. The molecule has 0 bridgehead atoms. The van der Waals surface area contributed by atoms with E-state index in [0.29, 0.717) is 19.6 Å². The summed E-state index contributed by atoms with van der Waals surface area (Å²) < 4.78 is 44.1. The SMILES string of the molecule is O=C(CN1CCN(Cc2nc(-c3ccco3)cs2)CC1)Nc1cc(C(F)(F)F)ccc1Cl. The number of aromatic nitrogens is 1. The van der Waals surface area contributed by atoms with E-state index in [2.05, 4.69) is 15.2 Å². The first-order valence-corrected chi connectivity index (χ1v) is 11.1. The van der Waals surface area contributed by atoms with Crippen molar-refractivity contribution in [3.05, 3.63) is 57.6 Å². The second-order valence-corrected chi connectivity index (χ2v) is 8.75. The van der Waals surface area contributed by atoms with Crippen molar-refractivity contribution in [1.29, 1.82) is 0 Å². The van der Waals surface area contributed by atoms with Gasteiger partial charge in [0.2, 0.25) is 5.91 Å². The number of halogens is 4. The van der Waals surface area contributed by atoms with Crippen LogP contribution in [-0.4, -0.2) is 53.4 Å². The second kappa shape index (κ2) is 9.62. The molecule has 3 aromatic rings. The number of furan rings is 1. The Morgan fingerprint density at radius 2 is 1.94 bits per heavy atom. The number of thiazole rings is 1. The van der Waals surface area contributed by atoms with Crippen LogP contribution >= 0.6 is 22.9 Å². The Hall–Kier alpha value is -2.40. The van der Waals surface area contributed by atoms with Crippen LogP contribution in [-0.2, 0) is 17.5 Å². The van der Waals surface area contributed by atoms with Crippen LogP contribution in [0.2, 0.25) is 5.02 Å². The average Bonchev–Trinajstić information content (AvgIpc) is 3.42. The number of anilines is 1. The fraction of sp³-hybridized carbons (Fsp3) is 0.333. The number of benzene rings is 1. The Morgan fingerprint density at radius 3 is 2.62 bits per heavy atom. The molecule has 11 heteroatoms. The summed E-state index contributed by atoms with van der Waals surface area (Å²) in [6, 6.07) is 6.56. The smallest absolute Gasteiger partial charge is 0.416 e. The van der Waals surface area contributed by atoms with E-state index in [1.807, 2.05) is 22.4 Å². The summed E-state index contributed by atoms with van der Waals surface area (Å²) in [6.07, 6.45) is -2.89. The van der Waals surface area contributed by atoms with E-state index in [4.69, 9.17) is 16.0 Å². The molecule has 0 unspecified atom stereocenters. The van der Waals surface area contributed by atoms with Gasteiger partial charge < -0.3 is 9.73 Å². The van der Waals surface area contributed by atoms with E-state index >= 15 is 0 Å². The maximum atomic E-state index is 12.9. The van der Waals surface area contributed by atoms with Gasteiger partial charge in [-0.25, -0.2) is 4.98 Å². The van der Waals surface area contributed by atoms with Gasteiger partial charge in [-0.05, 0) is 30.3 Å². The maximum absolute atomic E-state index is 12.9. The minimum atomic E-state index is -4.50. The molecular weight excluding hydrogens is 465 g/mol. The minimum absolute atomic E-state index is 0.0405. The summed E-state index contributed by atoms with van der Waals surface area (Å²) in [5, 5.41) is 5.51. The predicted octanol–water partition coefficient (Wildman–Crippen LogP) is 4.83. The van der Waals surface area contributed by atoms with Crippen molar-refractivity contribution >= 4 is 34.5 Å². The van der Waals surface area contributed by atoms with E-state index in [1.54, 1.807) is 17.6 Å². The Morgan fingerprint density at radius 1 is 1.19 bits per heavy atom. The summed E-state index contributed by atoms with van der Waals surface area (Å²) in [5.74, 6) is 0.340. The molecule has 1 amide bonds. The topological polar surface area (TPSA) is 61.6 Å². The second-order valence-electron chi connectivity index (χ2n) is 7.40. The fourth-order valence-electron chi connectivity index (χ4n) is 3.41. The highest BCUT2D eigenvalue weighted by atomic mass is 35.5. The Balaban J connectivity index is 1.26. The van der Waals surface area contributed by atoms with Crippen LogP contribution in [0.5, 0.6) is 0 Å². The molecule has 3 heterocycles. The molecule has 0 saturated carbocycles. The van der Waals surface area contributed by atoms with Crippen LogP contribution in [0, 0.1) is 0 Å². The zero-order valence-corrected chi connectivity index (χ0v) is 18.4. The highest BCUT2D eigenvalue weighted by Crippen LogP contribution is 2.33. The first-order valence-electron chi connectivity index (χ1n) is 9.87. The molecule has 32 heavy (non-hydrogen) atoms. The molecule has 0 atom stereocenters. The number of carbonyl (C=O) groups excluding carboxylic acids is 1. The predicted molar refractivity (Wildman–Crippen MR) is 117 cm³/mol. The standard InChI is InChI=1S/C21H20ClF3N4O2S/c22-15-4-3-14(21(23,24)25)10-16(15)26-19(30)11-28-5-7-29(8-6-28)12-20-27-17(13-32-20)18-2-1-9-31-18/h1-4,9-10,13H,5-8,11-12H2,(H,26,30). The molecule has 0 spiro atoms. The fourth-order valence-corrected chi connectivity index (χ4v) is 4.40. The molecule has 170 valence electrons. The summed E-state index contributed by atoms with van der Waals surface area (Å²) >= 11 is 7.53. The van der Waals surface area contributed by atoms with Crippen LogP contribution in [0.3, 0.4) is 0 Å². The lowest BCUT2D eigenvalue weighted by molar-refractivity contribution is -0.137. The summed E-state index contributed by atoms with van der Waals surface area (Å²) in [5.41, 5.74) is -0.0805. The molecule has 6 nitrogen and oxygen atoms in total. The van der Waals surface area contributed by atoms with E-state index < -0.39 is 17.6 Å². The first kappa shape index (κ1) is 22.8. The monoisotopic (exact) mass is 484 g/mol. The lowest BCUT2D eigenvalue weighted by Gasteiger charge is -2.33. The molecule has 0 radical (unpaired) electrons. The summed E-state index contributed by atoms with van der Waals surface area (Å²) in [7, 11) is 0. The van der Waals surface area contributed by atoms with Crippen molar-refractivity contribution in [2.24, 2.45) is 0 Å². The van der Waals surface area contributed by atoms with Gasteiger partial charge in [0.05, 0.1) is 35.6 Å². The number of rotatable bonds is 6. The number of piperazine rings is 1. The van der Waals surface area contributed by atoms with Crippen molar-refractivity contribution < 1.29 is 22.4 Å². The number of nitrogens with zero attached hydrogens (tertiary/aromatic N) is 3. The van der Waals surface area contributed by atoms with Gasteiger partial charge in [-0.2, -0.15) is 13.2 Å². The molecular formula is C21H20ClF3N4O2S.